The molecule has 1 N–H and O–H groups in total. The van der Waals surface area contributed by atoms with Gasteiger partial charge in [-0.1, -0.05) is 47.6 Å². The van der Waals surface area contributed by atoms with Gasteiger partial charge in [-0.3, -0.25) is 14.5 Å². The molecule has 1 saturated heterocycles. The Morgan fingerprint density at radius 3 is 2.34 bits per heavy atom. The van der Waals surface area contributed by atoms with Crippen molar-refractivity contribution in [3.05, 3.63) is 11.6 Å². The van der Waals surface area contributed by atoms with E-state index >= 15 is 0 Å². The smallest absolute Gasteiger partial charge is 0.333 e. The van der Waals surface area contributed by atoms with Gasteiger partial charge in [0.1, 0.15) is 6.04 Å². The Hall–Kier alpha value is -1.89. The fourth-order valence-corrected chi connectivity index (χ4v) is 4.12. The molecule has 0 aromatic carbocycles. The minimum Gasteiger partial charge on any atom is -0.463 e. The minimum atomic E-state index is -0.678. The van der Waals surface area contributed by atoms with Gasteiger partial charge >= 0.3 is 5.97 Å². The Kier molecular flexibility index (Phi) is 10.4. The van der Waals surface area contributed by atoms with Crippen LogP contribution in [0, 0.1) is 17.3 Å². The molecule has 184 valence electrons. The summed E-state index contributed by atoms with van der Waals surface area (Å²) in [7, 11) is 3.70. The quantitative estimate of drug-likeness (QED) is 0.453. The maximum Gasteiger partial charge on any atom is 0.333 e. The van der Waals surface area contributed by atoms with Crippen molar-refractivity contribution in [3.8, 4) is 0 Å². The van der Waals surface area contributed by atoms with E-state index in [0.717, 1.165) is 19.4 Å². The van der Waals surface area contributed by atoms with Gasteiger partial charge in [0.15, 0.2) is 0 Å². The number of amides is 2. The van der Waals surface area contributed by atoms with Gasteiger partial charge in [0.05, 0.1) is 18.7 Å². The molecule has 1 aliphatic heterocycles. The van der Waals surface area contributed by atoms with Gasteiger partial charge in [0.2, 0.25) is 11.8 Å². The molecule has 0 aliphatic carbocycles. The second-order valence-corrected chi connectivity index (χ2v) is 10.7. The van der Waals surface area contributed by atoms with E-state index in [1.54, 1.807) is 31.9 Å². The second kappa shape index (κ2) is 11.8. The Morgan fingerprint density at radius 1 is 1.25 bits per heavy atom. The largest absolute Gasteiger partial charge is 0.463 e. The summed E-state index contributed by atoms with van der Waals surface area (Å²) in [5.74, 6) is -0.0807. The average Bonchev–Trinajstić information content (AvgIpc) is 2.69. The van der Waals surface area contributed by atoms with Gasteiger partial charge < -0.3 is 15.0 Å². The fraction of sp³-hybridized carbons (Fsp3) is 0.800. The van der Waals surface area contributed by atoms with Crippen LogP contribution in [0.15, 0.2) is 11.6 Å². The van der Waals surface area contributed by atoms with Crippen LogP contribution >= 0.6 is 0 Å². The van der Waals surface area contributed by atoms with Gasteiger partial charge in [-0.05, 0) is 57.5 Å². The monoisotopic (exact) mass is 451 g/mol. The predicted molar refractivity (Wildman–Crippen MR) is 128 cm³/mol. The predicted octanol–water partition coefficient (Wildman–Crippen LogP) is 3.24. The van der Waals surface area contributed by atoms with E-state index in [4.69, 9.17) is 4.74 Å². The summed E-state index contributed by atoms with van der Waals surface area (Å²) in [6.07, 6.45) is 3.66. The number of carbonyl (C=O) groups is 3. The molecule has 7 nitrogen and oxygen atoms in total. The van der Waals surface area contributed by atoms with Crippen molar-refractivity contribution < 1.29 is 19.1 Å². The third kappa shape index (κ3) is 7.61. The number of likely N-dealkylation sites (N-methyl/N-ethyl adjacent to an activating group) is 2. The maximum absolute atomic E-state index is 13.6. The van der Waals surface area contributed by atoms with Gasteiger partial charge in [0.25, 0.3) is 0 Å². The van der Waals surface area contributed by atoms with Crippen LogP contribution in [0.4, 0.5) is 0 Å². The molecule has 32 heavy (non-hydrogen) atoms. The molecule has 4 atom stereocenters. The first-order valence-electron chi connectivity index (χ1n) is 11.8. The van der Waals surface area contributed by atoms with E-state index in [9.17, 15) is 14.4 Å². The summed E-state index contributed by atoms with van der Waals surface area (Å²) in [6.45, 7) is 16.7. The first kappa shape index (κ1) is 28.1. The highest BCUT2D eigenvalue weighted by molar-refractivity contribution is 5.91. The second-order valence-electron chi connectivity index (χ2n) is 10.7. The lowest BCUT2D eigenvalue weighted by atomic mass is 9.84. The van der Waals surface area contributed by atoms with Crippen LogP contribution in [0.25, 0.3) is 0 Å². The third-order valence-corrected chi connectivity index (χ3v) is 6.33. The molecule has 0 spiro atoms. The Bertz CT molecular complexity index is 696. The van der Waals surface area contributed by atoms with Gasteiger partial charge in [-0.2, -0.15) is 0 Å². The highest BCUT2D eigenvalue weighted by Crippen LogP contribution is 2.26. The molecule has 1 heterocycles. The number of nitrogens with zero attached hydrogens (tertiary/aromatic N) is 2. The molecular weight excluding hydrogens is 406 g/mol. The molecule has 1 fully saturated rings. The zero-order valence-electron chi connectivity index (χ0n) is 21.8. The molecule has 0 saturated carbocycles. The summed E-state index contributed by atoms with van der Waals surface area (Å²) in [5.41, 5.74) is 0.000687. The molecule has 0 bridgehead atoms. The molecule has 1 aliphatic rings. The number of nitrogens with one attached hydrogen (secondary N) is 1. The van der Waals surface area contributed by atoms with E-state index in [1.807, 2.05) is 41.7 Å². The number of likely N-dealkylation sites (tertiary alicyclic amines) is 1. The molecular formula is C25H45N3O4. The van der Waals surface area contributed by atoms with Crippen LogP contribution in [0.2, 0.25) is 0 Å². The van der Waals surface area contributed by atoms with Crippen molar-refractivity contribution in [2.24, 2.45) is 17.3 Å². The number of hydrogen-bond acceptors (Lipinski definition) is 5. The van der Waals surface area contributed by atoms with Crippen LogP contribution in [-0.4, -0.2) is 73.0 Å². The molecule has 3 unspecified atom stereocenters. The average molecular weight is 452 g/mol. The molecule has 7 heteroatoms. The molecule has 2 amide bonds. The van der Waals surface area contributed by atoms with E-state index in [-0.39, 0.29) is 35.8 Å². The van der Waals surface area contributed by atoms with Crippen molar-refractivity contribution in [3.63, 3.8) is 0 Å². The minimum absolute atomic E-state index is 0.0787. The lowest BCUT2D eigenvalue weighted by Crippen LogP contribution is -2.60. The standard InChI is InChI=1S/C25H45N3O4/c1-11-32-24(31)18(5)15-19(16(2)3)28(10)23(30)21(25(6,7)8)26-22(29)20-14-17(4)12-13-27(20)9/h15-17,19-21H,11-14H2,1-10H3,(H,26,29)/b18-15+/t17?,19-,20?,21?/m1/s1. The highest BCUT2D eigenvalue weighted by Gasteiger charge is 2.39. The summed E-state index contributed by atoms with van der Waals surface area (Å²) >= 11 is 0. The van der Waals surface area contributed by atoms with Crippen LogP contribution in [-0.2, 0) is 19.1 Å². The van der Waals surface area contributed by atoms with E-state index in [1.165, 1.54) is 0 Å². The van der Waals surface area contributed by atoms with Gasteiger partial charge in [-0.25, -0.2) is 4.79 Å². The molecule has 0 aromatic rings. The highest BCUT2D eigenvalue weighted by atomic mass is 16.5. The van der Waals surface area contributed by atoms with E-state index in [0.29, 0.717) is 18.1 Å². The Balaban J connectivity index is 3.12. The van der Waals surface area contributed by atoms with E-state index < -0.39 is 11.5 Å². The zero-order chi connectivity index (χ0) is 24.8. The van der Waals surface area contributed by atoms with Crippen molar-refractivity contribution in [2.45, 2.75) is 86.4 Å². The SMILES string of the molecule is CCOC(=O)/C(C)=C/[C@H](C(C)C)N(C)C(=O)C(NC(=O)C1CC(C)CCN1C)C(C)(C)C. The number of ether oxygens (including phenoxy) is 1. The molecule has 0 radical (unpaired) electrons. The van der Waals surface area contributed by atoms with Gasteiger partial charge in [0, 0.05) is 12.6 Å². The number of esters is 1. The summed E-state index contributed by atoms with van der Waals surface area (Å²) in [4.78, 5) is 42.6. The van der Waals surface area contributed by atoms with Crippen molar-refractivity contribution in [1.82, 2.24) is 15.1 Å². The molecule has 1 rings (SSSR count). The number of piperidine rings is 1. The number of carbonyl (C=O) groups excluding carboxylic acids is 3. The first-order chi connectivity index (χ1) is 14.7. The lowest BCUT2D eigenvalue weighted by Gasteiger charge is -2.40. The van der Waals surface area contributed by atoms with E-state index in [2.05, 4.69) is 17.1 Å². The molecule has 0 aromatic heterocycles. The van der Waals surface area contributed by atoms with Crippen LogP contribution < -0.4 is 5.32 Å². The van der Waals surface area contributed by atoms with Gasteiger partial charge in [-0.15, -0.1) is 0 Å². The Labute approximate surface area is 194 Å². The normalized spacial score (nSPS) is 22.3. The third-order valence-electron chi connectivity index (χ3n) is 6.33. The number of hydrogen-bond donors (Lipinski definition) is 1. The zero-order valence-corrected chi connectivity index (χ0v) is 21.8. The fourth-order valence-electron chi connectivity index (χ4n) is 4.12. The van der Waals surface area contributed by atoms with Crippen molar-refractivity contribution in [2.75, 3.05) is 27.2 Å². The van der Waals surface area contributed by atoms with Crippen molar-refractivity contribution in [1.29, 1.82) is 0 Å². The summed E-state index contributed by atoms with van der Waals surface area (Å²) in [5, 5.41) is 3.06. The topological polar surface area (TPSA) is 79.0 Å². The Morgan fingerprint density at radius 2 is 1.84 bits per heavy atom. The maximum atomic E-state index is 13.6. The van der Waals surface area contributed by atoms with Crippen LogP contribution in [0.5, 0.6) is 0 Å². The summed E-state index contributed by atoms with van der Waals surface area (Å²) in [6, 6.07) is -1.21. The number of rotatable bonds is 8. The summed E-state index contributed by atoms with van der Waals surface area (Å²) < 4.78 is 5.09. The first-order valence-corrected chi connectivity index (χ1v) is 11.8. The van der Waals surface area contributed by atoms with Crippen LogP contribution in [0.3, 0.4) is 0 Å². The van der Waals surface area contributed by atoms with Crippen molar-refractivity contribution >= 4 is 17.8 Å². The lowest BCUT2D eigenvalue weighted by molar-refractivity contribution is -0.142. The van der Waals surface area contributed by atoms with Crippen LogP contribution in [0.1, 0.15) is 68.2 Å².